The molecule has 0 bridgehead atoms. The van der Waals surface area contributed by atoms with E-state index < -0.39 is 0 Å². The van der Waals surface area contributed by atoms with E-state index in [1.165, 1.54) is 0 Å². The first-order valence-corrected chi connectivity index (χ1v) is 4.76. The molecule has 0 saturated carbocycles. The summed E-state index contributed by atoms with van der Waals surface area (Å²) >= 11 is 0. The van der Waals surface area contributed by atoms with Crippen LogP contribution >= 0.6 is 0 Å². The molecule has 3 heteroatoms. The fourth-order valence-corrected chi connectivity index (χ4v) is 1.36. The Bertz CT molecular complexity index is 209. The van der Waals surface area contributed by atoms with Crippen molar-refractivity contribution >= 4 is 0 Å². The van der Waals surface area contributed by atoms with Gasteiger partial charge in [-0.25, -0.2) is 0 Å². The highest BCUT2D eigenvalue weighted by atomic mass is 16.3. The number of hydrogen-bond acceptors (Lipinski definition) is 3. The standard InChI is InChI=1S/C10H17NO2/c1-2-4-9(11-6-7-12)10-5-3-8-13-10/h3,5,8-9,11-12H,2,4,6-7H2,1H3/t9-/m1/s1. The molecule has 3 nitrogen and oxygen atoms in total. The van der Waals surface area contributed by atoms with Gasteiger partial charge in [-0.15, -0.1) is 0 Å². The molecule has 0 saturated heterocycles. The van der Waals surface area contributed by atoms with Crippen molar-refractivity contribution < 1.29 is 9.52 Å². The van der Waals surface area contributed by atoms with Crippen LogP contribution in [0.4, 0.5) is 0 Å². The fraction of sp³-hybridized carbons (Fsp3) is 0.600. The molecule has 74 valence electrons. The van der Waals surface area contributed by atoms with Gasteiger partial charge in [-0.3, -0.25) is 0 Å². The summed E-state index contributed by atoms with van der Waals surface area (Å²) in [5.41, 5.74) is 0. The van der Waals surface area contributed by atoms with E-state index in [0.29, 0.717) is 6.54 Å². The van der Waals surface area contributed by atoms with Crippen LogP contribution in [0, 0.1) is 0 Å². The molecular weight excluding hydrogens is 166 g/mol. The first-order valence-electron chi connectivity index (χ1n) is 4.76. The van der Waals surface area contributed by atoms with Gasteiger partial charge in [-0.1, -0.05) is 13.3 Å². The molecule has 1 heterocycles. The molecule has 0 fully saturated rings. The summed E-state index contributed by atoms with van der Waals surface area (Å²) in [6, 6.07) is 4.09. The predicted molar refractivity (Wildman–Crippen MR) is 51.4 cm³/mol. The summed E-state index contributed by atoms with van der Waals surface area (Å²) in [6.45, 7) is 2.92. The van der Waals surface area contributed by atoms with Gasteiger partial charge in [-0.2, -0.15) is 0 Å². The highest BCUT2D eigenvalue weighted by Gasteiger charge is 2.11. The molecule has 1 atom stereocenters. The second-order valence-corrected chi connectivity index (χ2v) is 3.03. The molecule has 2 N–H and O–H groups in total. The van der Waals surface area contributed by atoms with E-state index in [0.717, 1.165) is 18.6 Å². The maximum absolute atomic E-state index is 8.69. The van der Waals surface area contributed by atoms with Crippen molar-refractivity contribution in [1.82, 2.24) is 5.32 Å². The lowest BCUT2D eigenvalue weighted by Gasteiger charge is -2.14. The lowest BCUT2D eigenvalue weighted by molar-refractivity contribution is 0.275. The quantitative estimate of drug-likeness (QED) is 0.705. The third-order valence-electron chi connectivity index (χ3n) is 1.97. The second-order valence-electron chi connectivity index (χ2n) is 3.03. The number of rotatable bonds is 6. The minimum absolute atomic E-state index is 0.168. The molecule has 0 aliphatic carbocycles. The summed E-state index contributed by atoms with van der Waals surface area (Å²) in [7, 11) is 0. The van der Waals surface area contributed by atoms with Crippen LogP contribution in [0.3, 0.4) is 0 Å². The SMILES string of the molecule is CCC[C@@H](NCCO)c1ccco1. The Labute approximate surface area is 78.8 Å². The van der Waals surface area contributed by atoms with Gasteiger partial charge in [0.1, 0.15) is 5.76 Å². The normalized spacial score (nSPS) is 13.1. The second kappa shape index (κ2) is 5.78. The van der Waals surface area contributed by atoms with E-state index in [9.17, 15) is 0 Å². The van der Waals surface area contributed by atoms with E-state index in [-0.39, 0.29) is 12.6 Å². The molecule has 1 aromatic rings. The molecule has 0 amide bonds. The number of hydrogen-bond donors (Lipinski definition) is 2. The van der Waals surface area contributed by atoms with Gasteiger partial charge in [0.25, 0.3) is 0 Å². The van der Waals surface area contributed by atoms with Crippen LogP contribution in [0.1, 0.15) is 31.6 Å². The molecule has 0 spiro atoms. The smallest absolute Gasteiger partial charge is 0.120 e. The van der Waals surface area contributed by atoms with Crippen LogP contribution in [0.15, 0.2) is 22.8 Å². The lowest BCUT2D eigenvalue weighted by atomic mass is 10.1. The molecule has 0 aliphatic heterocycles. The Morgan fingerprint density at radius 3 is 3.00 bits per heavy atom. The third kappa shape index (κ3) is 3.20. The van der Waals surface area contributed by atoms with E-state index in [2.05, 4.69) is 12.2 Å². The topological polar surface area (TPSA) is 45.4 Å². The van der Waals surface area contributed by atoms with Crippen LogP contribution in [-0.2, 0) is 0 Å². The van der Waals surface area contributed by atoms with E-state index in [1.54, 1.807) is 6.26 Å². The maximum Gasteiger partial charge on any atom is 0.120 e. The molecule has 0 unspecified atom stereocenters. The van der Waals surface area contributed by atoms with Gasteiger partial charge in [0.05, 0.1) is 18.9 Å². The Morgan fingerprint density at radius 2 is 2.46 bits per heavy atom. The number of nitrogens with one attached hydrogen (secondary N) is 1. The van der Waals surface area contributed by atoms with Crippen molar-refractivity contribution in [2.24, 2.45) is 0 Å². The van der Waals surface area contributed by atoms with Crippen molar-refractivity contribution in [1.29, 1.82) is 0 Å². The van der Waals surface area contributed by atoms with Crippen molar-refractivity contribution in [3.05, 3.63) is 24.2 Å². The van der Waals surface area contributed by atoms with Crippen LogP contribution < -0.4 is 5.32 Å². The van der Waals surface area contributed by atoms with Crippen LogP contribution in [0.2, 0.25) is 0 Å². The summed E-state index contributed by atoms with van der Waals surface area (Å²) in [4.78, 5) is 0. The fourth-order valence-electron chi connectivity index (χ4n) is 1.36. The highest BCUT2D eigenvalue weighted by molar-refractivity contribution is 5.04. The summed E-state index contributed by atoms with van der Waals surface area (Å²) in [5.74, 6) is 0.954. The summed E-state index contributed by atoms with van der Waals surface area (Å²) < 4.78 is 5.30. The van der Waals surface area contributed by atoms with E-state index >= 15 is 0 Å². The van der Waals surface area contributed by atoms with Crippen LogP contribution in [-0.4, -0.2) is 18.3 Å². The first-order chi connectivity index (χ1) is 6.38. The largest absolute Gasteiger partial charge is 0.468 e. The van der Waals surface area contributed by atoms with Crippen LogP contribution in [0.25, 0.3) is 0 Å². The van der Waals surface area contributed by atoms with Gasteiger partial charge in [-0.05, 0) is 18.6 Å². The zero-order chi connectivity index (χ0) is 9.52. The lowest BCUT2D eigenvalue weighted by Crippen LogP contribution is -2.23. The predicted octanol–water partition coefficient (Wildman–Crippen LogP) is 1.70. The van der Waals surface area contributed by atoms with E-state index in [1.807, 2.05) is 12.1 Å². The van der Waals surface area contributed by atoms with Gasteiger partial charge in [0.15, 0.2) is 0 Å². The van der Waals surface area contributed by atoms with Gasteiger partial charge >= 0.3 is 0 Å². The Morgan fingerprint density at radius 1 is 1.62 bits per heavy atom. The number of furan rings is 1. The Hall–Kier alpha value is -0.800. The average molecular weight is 183 g/mol. The molecule has 0 aromatic carbocycles. The minimum Gasteiger partial charge on any atom is -0.468 e. The molecule has 1 aromatic heterocycles. The number of aliphatic hydroxyl groups is 1. The zero-order valence-corrected chi connectivity index (χ0v) is 7.99. The van der Waals surface area contributed by atoms with Crippen LogP contribution in [0.5, 0.6) is 0 Å². The van der Waals surface area contributed by atoms with Gasteiger partial charge < -0.3 is 14.8 Å². The Kier molecular flexibility index (Phi) is 4.57. The Balaban J connectivity index is 2.47. The third-order valence-corrected chi connectivity index (χ3v) is 1.97. The van der Waals surface area contributed by atoms with Crippen molar-refractivity contribution in [3.63, 3.8) is 0 Å². The molecule has 13 heavy (non-hydrogen) atoms. The van der Waals surface area contributed by atoms with Crippen molar-refractivity contribution in [2.75, 3.05) is 13.2 Å². The molecule has 1 rings (SSSR count). The van der Waals surface area contributed by atoms with Gasteiger partial charge in [0.2, 0.25) is 0 Å². The van der Waals surface area contributed by atoms with Crippen molar-refractivity contribution in [3.8, 4) is 0 Å². The first kappa shape index (κ1) is 10.3. The molecular formula is C10H17NO2. The highest BCUT2D eigenvalue weighted by Crippen LogP contribution is 2.18. The maximum atomic E-state index is 8.69. The molecule has 0 radical (unpaired) electrons. The summed E-state index contributed by atoms with van der Waals surface area (Å²) in [6.07, 6.45) is 3.82. The van der Waals surface area contributed by atoms with E-state index in [4.69, 9.17) is 9.52 Å². The monoisotopic (exact) mass is 183 g/mol. The van der Waals surface area contributed by atoms with Gasteiger partial charge in [0, 0.05) is 6.54 Å². The zero-order valence-electron chi connectivity index (χ0n) is 7.99. The summed E-state index contributed by atoms with van der Waals surface area (Å²) in [5, 5.41) is 11.9. The average Bonchev–Trinajstić information content (AvgIpc) is 2.65. The minimum atomic E-state index is 0.168. The molecule has 0 aliphatic rings. The number of aliphatic hydroxyl groups excluding tert-OH is 1. The van der Waals surface area contributed by atoms with Crippen molar-refractivity contribution in [2.45, 2.75) is 25.8 Å².